The Hall–Kier alpha value is -3.34. The van der Waals surface area contributed by atoms with Gasteiger partial charge in [-0.05, 0) is 29.7 Å². The number of hydrogen-bond acceptors (Lipinski definition) is 3. The van der Waals surface area contributed by atoms with Gasteiger partial charge in [0.05, 0.1) is 24.1 Å². The molecule has 0 aliphatic heterocycles. The molecule has 0 aliphatic rings. The number of carbonyl (C=O) groups is 2. The van der Waals surface area contributed by atoms with E-state index in [-0.39, 0.29) is 11.3 Å². The van der Waals surface area contributed by atoms with E-state index in [0.29, 0.717) is 36.3 Å². The van der Waals surface area contributed by atoms with Crippen LogP contribution in [-0.2, 0) is 13.0 Å². The number of benzene rings is 2. The summed E-state index contributed by atoms with van der Waals surface area (Å²) in [6, 6.07) is 17.1. The molecular weight excluding hydrogens is 342 g/mol. The zero-order valence-corrected chi connectivity index (χ0v) is 15.3. The molecule has 5 heteroatoms. The van der Waals surface area contributed by atoms with Crippen molar-refractivity contribution in [1.29, 1.82) is 0 Å². The van der Waals surface area contributed by atoms with Crippen LogP contribution in [0.1, 0.15) is 38.9 Å². The fraction of sp³-hybridized carbons (Fsp3) is 0.182. The van der Waals surface area contributed by atoms with Gasteiger partial charge in [-0.15, -0.1) is 0 Å². The molecule has 0 bridgehead atoms. The number of hydrogen-bond donors (Lipinski definition) is 1. The second-order valence-corrected chi connectivity index (χ2v) is 6.14. The van der Waals surface area contributed by atoms with E-state index in [0.717, 1.165) is 11.1 Å². The Morgan fingerprint density at radius 3 is 2.37 bits per heavy atom. The zero-order valence-electron chi connectivity index (χ0n) is 15.3. The highest BCUT2D eigenvalue weighted by molar-refractivity contribution is 6.01. The standard InChI is InChI=1S/C22H21NO4/c1-3-16-20(22(25)26)18(14-24)23(13-15-9-5-4-6-10-15)21(16)17-11-7-8-12-19(17)27-2/h4-12,14H,3,13H2,1-2H3,(H,25,26). The molecule has 1 N–H and O–H groups in total. The second-order valence-electron chi connectivity index (χ2n) is 6.14. The smallest absolute Gasteiger partial charge is 0.338 e. The highest BCUT2D eigenvalue weighted by Gasteiger charge is 2.28. The summed E-state index contributed by atoms with van der Waals surface area (Å²) in [7, 11) is 1.58. The molecule has 0 saturated carbocycles. The number of aromatic nitrogens is 1. The third-order valence-electron chi connectivity index (χ3n) is 4.63. The van der Waals surface area contributed by atoms with Gasteiger partial charge in [0.25, 0.3) is 0 Å². The zero-order chi connectivity index (χ0) is 19.4. The number of carboxylic acid groups (broad SMARTS) is 1. The number of methoxy groups -OCH3 is 1. The predicted molar refractivity (Wildman–Crippen MR) is 104 cm³/mol. The molecule has 3 rings (SSSR count). The van der Waals surface area contributed by atoms with Gasteiger partial charge in [-0.25, -0.2) is 4.79 Å². The molecule has 1 heterocycles. The minimum absolute atomic E-state index is 0.0596. The Bertz CT molecular complexity index is 973. The maximum atomic E-state index is 12.0. The number of nitrogens with zero attached hydrogens (tertiary/aromatic N) is 1. The lowest BCUT2D eigenvalue weighted by Gasteiger charge is -2.15. The van der Waals surface area contributed by atoms with Crippen LogP contribution in [0.15, 0.2) is 54.6 Å². The van der Waals surface area contributed by atoms with Crippen molar-refractivity contribution in [3.63, 3.8) is 0 Å². The highest BCUT2D eigenvalue weighted by atomic mass is 16.5. The Morgan fingerprint density at radius 2 is 1.78 bits per heavy atom. The molecule has 27 heavy (non-hydrogen) atoms. The second kappa shape index (κ2) is 7.91. The minimum atomic E-state index is -1.10. The first-order chi connectivity index (χ1) is 13.1. The van der Waals surface area contributed by atoms with Gasteiger partial charge in [-0.3, -0.25) is 4.79 Å². The lowest BCUT2D eigenvalue weighted by Crippen LogP contribution is -2.08. The third kappa shape index (κ3) is 3.36. The van der Waals surface area contributed by atoms with Crippen molar-refractivity contribution in [3.8, 4) is 17.0 Å². The maximum Gasteiger partial charge on any atom is 0.338 e. The molecule has 1 aromatic heterocycles. The summed E-state index contributed by atoms with van der Waals surface area (Å²) in [6.45, 7) is 2.28. The first-order valence-corrected chi connectivity index (χ1v) is 8.73. The van der Waals surface area contributed by atoms with Crippen LogP contribution in [0.25, 0.3) is 11.3 Å². The van der Waals surface area contributed by atoms with Crippen LogP contribution in [0.5, 0.6) is 5.75 Å². The molecule has 2 aromatic carbocycles. The van der Waals surface area contributed by atoms with E-state index in [9.17, 15) is 14.7 Å². The van der Waals surface area contributed by atoms with Gasteiger partial charge in [0.15, 0.2) is 6.29 Å². The van der Waals surface area contributed by atoms with Crippen LogP contribution in [0.3, 0.4) is 0 Å². The molecule has 0 unspecified atom stereocenters. The number of aromatic carboxylic acids is 1. The van der Waals surface area contributed by atoms with Crippen LogP contribution >= 0.6 is 0 Å². The van der Waals surface area contributed by atoms with E-state index < -0.39 is 5.97 Å². The summed E-state index contributed by atoms with van der Waals surface area (Å²) < 4.78 is 7.28. The van der Waals surface area contributed by atoms with E-state index in [1.807, 2.05) is 61.5 Å². The van der Waals surface area contributed by atoms with Crippen LogP contribution in [-0.4, -0.2) is 29.0 Å². The van der Waals surface area contributed by atoms with Gasteiger partial charge < -0.3 is 14.4 Å². The Morgan fingerprint density at radius 1 is 1.11 bits per heavy atom. The lowest BCUT2D eigenvalue weighted by molar-refractivity contribution is 0.0692. The van der Waals surface area contributed by atoms with Crippen molar-refractivity contribution in [2.75, 3.05) is 7.11 Å². The normalized spacial score (nSPS) is 10.6. The summed E-state index contributed by atoms with van der Waals surface area (Å²) >= 11 is 0. The number of ether oxygens (including phenoxy) is 1. The first-order valence-electron chi connectivity index (χ1n) is 8.73. The van der Waals surface area contributed by atoms with Gasteiger partial charge in [0, 0.05) is 12.1 Å². The average Bonchev–Trinajstić information content (AvgIpc) is 3.01. The summed E-state index contributed by atoms with van der Waals surface area (Å²) in [5, 5.41) is 9.78. The SMILES string of the molecule is CCc1c(C(=O)O)c(C=O)n(Cc2ccccc2)c1-c1ccccc1OC. The molecular formula is C22H21NO4. The molecule has 0 saturated heterocycles. The van der Waals surface area contributed by atoms with Crippen LogP contribution in [0, 0.1) is 0 Å². The summed E-state index contributed by atoms with van der Waals surface area (Å²) in [6.07, 6.45) is 1.11. The molecule has 5 nitrogen and oxygen atoms in total. The highest BCUT2D eigenvalue weighted by Crippen LogP contribution is 2.37. The Labute approximate surface area is 157 Å². The fourth-order valence-electron chi connectivity index (χ4n) is 3.48. The van der Waals surface area contributed by atoms with Crippen molar-refractivity contribution in [2.24, 2.45) is 0 Å². The summed E-state index contributed by atoms with van der Waals surface area (Å²) in [5.74, 6) is -0.467. The Balaban J connectivity index is 2.35. The lowest BCUT2D eigenvalue weighted by atomic mass is 10.0. The van der Waals surface area contributed by atoms with Gasteiger partial charge in [-0.2, -0.15) is 0 Å². The molecule has 0 radical (unpaired) electrons. The molecule has 0 aliphatic carbocycles. The molecule has 138 valence electrons. The fourth-order valence-corrected chi connectivity index (χ4v) is 3.48. The monoisotopic (exact) mass is 363 g/mol. The van der Waals surface area contributed by atoms with E-state index in [1.165, 1.54) is 0 Å². The number of carboxylic acids is 1. The molecule has 0 amide bonds. The quantitative estimate of drug-likeness (QED) is 0.636. The largest absolute Gasteiger partial charge is 0.496 e. The topological polar surface area (TPSA) is 68.5 Å². The van der Waals surface area contributed by atoms with Crippen LogP contribution in [0.4, 0.5) is 0 Å². The van der Waals surface area contributed by atoms with Crippen molar-refractivity contribution in [1.82, 2.24) is 4.57 Å². The van der Waals surface area contributed by atoms with E-state index in [2.05, 4.69) is 0 Å². The van der Waals surface area contributed by atoms with Crippen LogP contribution in [0.2, 0.25) is 0 Å². The van der Waals surface area contributed by atoms with E-state index in [1.54, 1.807) is 11.7 Å². The third-order valence-corrected chi connectivity index (χ3v) is 4.63. The van der Waals surface area contributed by atoms with Gasteiger partial charge in [-0.1, -0.05) is 49.4 Å². The minimum Gasteiger partial charge on any atom is -0.496 e. The number of aldehydes is 1. The van der Waals surface area contributed by atoms with Gasteiger partial charge in [0.2, 0.25) is 0 Å². The summed E-state index contributed by atoms with van der Waals surface area (Å²) in [5.41, 5.74) is 3.31. The van der Waals surface area contributed by atoms with Gasteiger partial charge in [0.1, 0.15) is 5.75 Å². The maximum absolute atomic E-state index is 12.0. The molecule has 0 fully saturated rings. The van der Waals surface area contributed by atoms with Crippen molar-refractivity contribution in [2.45, 2.75) is 19.9 Å². The summed E-state index contributed by atoms with van der Waals surface area (Å²) in [4.78, 5) is 23.9. The number of rotatable bonds is 7. The number of carbonyl (C=O) groups excluding carboxylic acids is 1. The Kier molecular flexibility index (Phi) is 5.41. The predicted octanol–water partition coefficient (Wildman–Crippen LogP) is 4.29. The molecule has 0 spiro atoms. The van der Waals surface area contributed by atoms with Crippen molar-refractivity contribution in [3.05, 3.63) is 77.0 Å². The van der Waals surface area contributed by atoms with Gasteiger partial charge >= 0.3 is 5.97 Å². The molecule has 3 aromatic rings. The molecule has 0 atom stereocenters. The van der Waals surface area contributed by atoms with Crippen LogP contribution < -0.4 is 4.74 Å². The van der Waals surface area contributed by atoms with Crippen molar-refractivity contribution >= 4 is 12.3 Å². The van der Waals surface area contributed by atoms with E-state index >= 15 is 0 Å². The number of para-hydroxylation sites is 1. The van der Waals surface area contributed by atoms with E-state index in [4.69, 9.17) is 4.74 Å². The first kappa shape index (κ1) is 18.5. The average molecular weight is 363 g/mol. The van der Waals surface area contributed by atoms with Crippen molar-refractivity contribution < 1.29 is 19.4 Å².